The molecule has 2 fully saturated rings. The SMILES string of the molecule is COc1ccc(CS[C@H]2C[C@@H](C(=O)N3CC(N(C)C)C3)N(C(=O)OCc3ccc([N+](=O)[O-])cc3)C2)cc1. The number of ether oxygens (including phenoxy) is 2. The summed E-state index contributed by atoms with van der Waals surface area (Å²) in [4.78, 5) is 42.3. The van der Waals surface area contributed by atoms with Crippen molar-refractivity contribution in [3.8, 4) is 5.75 Å². The van der Waals surface area contributed by atoms with E-state index in [-0.39, 0.29) is 23.5 Å². The number of carbonyl (C=O) groups excluding carboxylic acids is 2. The number of rotatable bonds is 9. The Morgan fingerprint density at radius 1 is 1.05 bits per heavy atom. The van der Waals surface area contributed by atoms with Gasteiger partial charge in [0, 0.05) is 48.8 Å². The molecule has 2 heterocycles. The van der Waals surface area contributed by atoms with Gasteiger partial charge in [0.2, 0.25) is 5.91 Å². The van der Waals surface area contributed by atoms with Gasteiger partial charge in [-0.2, -0.15) is 11.8 Å². The molecule has 2 amide bonds. The quantitative estimate of drug-likeness (QED) is 0.360. The van der Waals surface area contributed by atoms with Crippen molar-refractivity contribution < 1.29 is 24.0 Å². The first-order chi connectivity index (χ1) is 17.7. The van der Waals surface area contributed by atoms with Gasteiger partial charge in [-0.1, -0.05) is 12.1 Å². The minimum atomic E-state index is -0.569. The highest BCUT2D eigenvalue weighted by Crippen LogP contribution is 2.33. The van der Waals surface area contributed by atoms with Crippen LogP contribution in [-0.2, 0) is 21.9 Å². The van der Waals surface area contributed by atoms with Gasteiger partial charge in [-0.3, -0.25) is 19.8 Å². The van der Waals surface area contributed by atoms with E-state index in [1.807, 2.05) is 43.3 Å². The number of likely N-dealkylation sites (N-methyl/N-ethyl adjacent to an activating group) is 1. The van der Waals surface area contributed by atoms with E-state index in [4.69, 9.17) is 9.47 Å². The fraction of sp³-hybridized carbons (Fsp3) is 0.462. The van der Waals surface area contributed by atoms with Crippen LogP contribution in [0.4, 0.5) is 10.5 Å². The van der Waals surface area contributed by atoms with E-state index < -0.39 is 17.1 Å². The fourth-order valence-corrected chi connectivity index (χ4v) is 5.61. The first-order valence-corrected chi connectivity index (χ1v) is 13.2. The number of non-ortho nitro benzene ring substituents is 1. The van der Waals surface area contributed by atoms with Crippen LogP contribution in [-0.4, -0.2) is 89.8 Å². The second-order valence-corrected chi connectivity index (χ2v) is 10.8. The van der Waals surface area contributed by atoms with Crippen LogP contribution in [0.2, 0.25) is 0 Å². The Labute approximate surface area is 220 Å². The van der Waals surface area contributed by atoms with Crippen molar-refractivity contribution in [2.24, 2.45) is 0 Å². The van der Waals surface area contributed by atoms with E-state index in [9.17, 15) is 19.7 Å². The molecule has 11 heteroatoms. The summed E-state index contributed by atoms with van der Waals surface area (Å²) in [6, 6.07) is 13.5. The highest BCUT2D eigenvalue weighted by atomic mass is 32.2. The number of benzene rings is 2. The van der Waals surface area contributed by atoms with Crippen LogP contribution in [0.25, 0.3) is 0 Å². The second-order valence-electron chi connectivity index (χ2n) is 9.52. The zero-order chi connectivity index (χ0) is 26.5. The maximum Gasteiger partial charge on any atom is 0.410 e. The topological polar surface area (TPSA) is 105 Å². The van der Waals surface area contributed by atoms with Crippen molar-refractivity contribution >= 4 is 29.4 Å². The number of likely N-dealkylation sites (tertiary alicyclic amines) is 2. The second kappa shape index (κ2) is 11.8. The largest absolute Gasteiger partial charge is 0.497 e. The molecule has 2 atom stereocenters. The van der Waals surface area contributed by atoms with Crippen LogP contribution < -0.4 is 4.74 Å². The Kier molecular flexibility index (Phi) is 8.55. The Bertz CT molecular complexity index is 1110. The lowest BCUT2D eigenvalue weighted by Gasteiger charge is -2.44. The average molecular weight is 529 g/mol. The van der Waals surface area contributed by atoms with E-state index in [1.165, 1.54) is 12.1 Å². The highest BCUT2D eigenvalue weighted by molar-refractivity contribution is 7.99. The maximum atomic E-state index is 13.3. The zero-order valence-electron chi connectivity index (χ0n) is 21.2. The summed E-state index contributed by atoms with van der Waals surface area (Å²) >= 11 is 1.72. The van der Waals surface area contributed by atoms with E-state index in [1.54, 1.807) is 35.9 Å². The first-order valence-electron chi connectivity index (χ1n) is 12.1. The number of hydrogen-bond donors (Lipinski definition) is 0. The van der Waals surface area contributed by atoms with Gasteiger partial charge in [-0.05, 0) is 55.9 Å². The van der Waals surface area contributed by atoms with Crippen LogP contribution in [0.15, 0.2) is 48.5 Å². The molecule has 2 aliphatic heterocycles. The van der Waals surface area contributed by atoms with Crippen molar-refractivity contribution in [1.82, 2.24) is 14.7 Å². The summed E-state index contributed by atoms with van der Waals surface area (Å²) in [6.07, 6.45) is 0.0176. The third-order valence-corrected chi connectivity index (χ3v) is 8.15. The first kappa shape index (κ1) is 26.7. The molecule has 0 radical (unpaired) electrons. The van der Waals surface area contributed by atoms with Crippen LogP contribution in [0.1, 0.15) is 17.5 Å². The van der Waals surface area contributed by atoms with Gasteiger partial charge in [-0.25, -0.2) is 4.79 Å². The van der Waals surface area contributed by atoms with Crippen LogP contribution in [0.5, 0.6) is 5.75 Å². The number of thioether (sulfide) groups is 1. The summed E-state index contributed by atoms with van der Waals surface area (Å²) in [7, 11) is 5.62. The van der Waals surface area contributed by atoms with Crippen molar-refractivity contribution in [2.75, 3.05) is 40.8 Å². The van der Waals surface area contributed by atoms with Crippen molar-refractivity contribution in [3.05, 3.63) is 69.8 Å². The molecule has 0 saturated carbocycles. The third kappa shape index (κ3) is 6.53. The zero-order valence-corrected chi connectivity index (χ0v) is 22.1. The van der Waals surface area contributed by atoms with E-state index >= 15 is 0 Å². The normalized spacial score (nSPS) is 19.6. The highest BCUT2D eigenvalue weighted by Gasteiger charge is 2.45. The molecular formula is C26H32N4O6S. The van der Waals surface area contributed by atoms with E-state index in [0.717, 1.165) is 17.1 Å². The molecule has 198 valence electrons. The predicted molar refractivity (Wildman–Crippen MR) is 141 cm³/mol. The molecule has 0 unspecified atom stereocenters. The molecular weight excluding hydrogens is 496 g/mol. The average Bonchev–Trinajstić information content (AvgIpc) is 3.30. The summed E-state index contributed by atoms with van der Waals surface area (Å²) in [6.45, 7) is 1.70. The molecule has 0 aliphatic carbocycles. The van der Waals surface area contributed by atoms with Gasteiger partial charge in [0.15, 0.2) is 0 Å². The Balaban J connectivity index is 1.39. The van der Waals surface area contributed by atoms with Crippen LogP contribution >= 0.6 is 11.8 Å². The summed E-state index contributed by atoms with van der Waals surface area (Å²) in [5.74, 6) is 1.51. The van der Waals surface area contributed by atoms with Crippen molar-refractivity contribution in [3.63, 3.8) is 0 Å². The molecule has 0 aromatic heterocycles. The van der Waals surface area contributed by atoms with Crippen LogP contribution in [0.3, 0.4) is 0 Å². The molecule has 4 rings (SSSR count). The van der Waals surface area contributed by atoms with E-state index in [0.29, 0.717) is 37.7 Å². The summed E-state index contributed by atoms with van der Waals surface area (Å²) in [5.41, 5.74) is 1.76. The van der Waals surface area contributed by atoms with Gasteiger partial charge in [-0.15, -0.1) is 0 Å². The smallest absolute Gasteiger partial charge is 0.410 e. The van der Waals surface area contributed by atoms with Crippen molar-refractivity contribution in [2.45, 2.75) is 36.1 Å². The molecule has 0 spiro atoms. The summed E-state index contributed by atoms with van der Waals surface area (Å²) in [5, 5.41) is 11.0. The Morgan fingerprint density at radius 3 is 2.30 bits per heavy atom. The number of nitro benzene ring substituents is 1. The molecule has 10 nitrogen and oxygen atoms in total. The molecule has 0 bridgehead atoms. The predicted octanol–water partition coefficient (Wildman–Crippen LogP) is 3.39. The van der Waals surface area contributed by atoms with Gasteiger partial charge in [0.25, 0.3) is 5.69 Å². The van der Waals surface area contributed by atoms with Gasteiger partial charge >= 0.3 is 6.09 Å². The van der Waals surface area contributed by atoms with Crippen molar-refractivity contribution in [1.29, 1.82) is 0 Å². The van der Waals surface area contributed by atoms with Crippen LogP contribution in [0, 0.1) is 10.1 Å². The summed E-state index contributed by atoms with van der Waals surface area (Å²) < 4.78 is 10.8. The standard InChI is InChI=1S/C26H32N4O6S/c1-27(2)21-13-28(14-21)25(31)24-12-23(37-17-19-6-10-22(35-3)11-7-19)15-29(24)26(32)36-16-18-4-8-20(9-5-18)30(33)34/h4-11,21,23-24H,12-17H2,1-3H3/t23-,24-/m0/s1. The Hall–Kier alpha value is -3.31. The molecule has 2 aliphatic rings. The Morgan fingerprint density at radius 2 is 1.70 bits per heavy atom. The molecule has 2 saturated heterocycles. The number of hydrogen-bond acceptors (Lipinski definition) is 8. The lowest BCUT2D eigenvalue weighted by Crippen LogP contribution is -2.62. The number of nitrogens with zero attached hydrogens (tertiary/aromatic N) is 4. The van der Waals surface area contributed by atoms with E-state index in [2.05, 4.69) is 4.90 Å². The number of amides is 2. The monoisotopic (exact) mass is 528 g/mol. The van der Waals surface area contributed by atoms with Gasteiger partial charge < -0.3 is 19.3 Å². The fourth-order valence-electron chi connectivity index (χ4n) is 4.40. The third-order valence-electron chi connectivity index (χ3n) is 6.84. The van der Waals surface area contributed by atoms with Gasteiger partial charge in [0.05, 0.1) is 12.0 Å². The molecule has 37 heavy (non-hydrogen) atoms. The molecule has 2 aromatic rings. The number of carbonyl (C=O) groups is 2. The molecule has 0 N–H and O–H groups in total. The lowest BCUT2D eigenvalue weighted by molar-refractivity contribution is -0.384. The minimum absolute atomic E-state index is 0.0235. The lowest BCUT2D eigenvalue weighted by atomic mass is 10.1. The number of methoxy groups -OCH3 is 1. The molecule has 2 aromatic carbocycles. The van der Waals surface area contributed by atoms with Gasteiger partial charge in [0.1, 0.15) is 18.4 Å². The minimum Gasteiger partial charge on any atom is -0.497 e. The maximum absolute atomic E-state index is 13.3. The number of nitro groups is 1.